The van der Waals surface area contributed by atoms with E-state index in [1.165, 1.54) is 24.3 Å². The molecule has 0 saturated carbocycles. The van der Waals surface area contributed by atoms with Crippen LogP contribution in [0, 0.1) is 0 Å². The Hall–Kier alpha value is -0.970. The summed E-state index contributed by atoms with van der Waals surface area (Å²) in [6, 6.07) is 3.96. The van der Waals surface area contributed by atoms with Crippen LogP contribution >= 0.6 is 15.9 Å². The van der Waals surface area contributed by atoms with Gasteiger partial charge in [-0.25, -0.2) is 0 Å². The average Bonchev–Trinajstić information content (AvgIpc) is 2.01. The van der Waals surface area contributed by atoms with Crippen molar-refractivity contribution in [2.45, 2.75) is 6.36 Å². The summed E-state index contributed by atoms with van der Waals surface area (Å²) in [4.78, 5) is 0. The lowest BCUT2D eigenvalue weighted by atomic mass is 10.2. The first kappa shape index (κ1) is 11.1. The molecule has 0 saturated heterocycles. The Bertz CT molecular complexity index is 346. The van der Waals surface area contributed by atoms with Crippen LogP contribution in [-0.4, -0.2) is 6.36 Å². The molecule has 0 heterocycles. The van der Waals surface area contributed by atoms with E-state index < -0.39 is 6.36 Å². The highest BCUT2D eigenvalue weighted by Crippen LogP contribution is 2.28. The predicted molar refractivity (Wildman–Crippen MR) is 50.9 cm³/mol. The van der Waals surface area contributed by atoms with E-state index in [0.717, 1.165) is 0 Å². The summed E-state index contributed by atoms with van der Waals surface area (Å²) in [6.45, 7) is 3.50. The van der Waals surface area contributed by atoms with Gasteiger partial charge in [0.25, 0.3) is 0 Å². The lowest BCUT2D eigenvalue weighted by Gasteiger charge is -2.09. The monoisotopic (exact) mass is 266 g/mol. The Labute approximate surface area is 87.3 Å². The number of benzene rings is 1. The molecule has 76 valence electrons. The molecular formula is C9H6BrF3O. The highest BCUT2D eigenvalue weighted by molar-refractivity contribution is 9.10. The Morgan fingerprint density at radius 2 is 2.00 bits per heavy atom. The van der Waals surface area contributed by atoms with Crippen LogP contribution in [0.3, 0.4) is 0 Å². The first-order valence-electron chi connectivity index (χ1n) is 3.60. The molecule has 0 aliphatic heterocycles. The molecular weight excluding hydrogens is 261 g/mol. The number of hydrogen-bond acceptors (Lipinski definition) is 1. The molecule has 1 aromatic carbocycles. The maximum atomic E-state index is 11.8. The van der Waals surface area contributed by atoms with Crippen LogP contribution in [0.5, 0.6) is 5.75 Å². The third kappa shape index (κ3) is 3.06. The van der Waals surface area contributed by atoms with Crippen molar-refractivity contribution in [2.75, 3.05) is 0 Å². The van der Waals surface area contributed by atoms with Gasteiger partial charge in [0.05, 0.1) is 0 Å². The number of rotatable bonds is 2. The molecule has 0 spiro atoms. The van der Waals surface area contributed by atoms with Crippen LogP contribution in [0.1, 0.15) is 5.56 Å². The number of halogens is 4. The Morgan fingerprint density at radius 3 is 2.43 bits per heavy atom. The van der Waals surface area contributed by atoms with Gasteiger partial charge in [-0.2, -0.15) is 0 Å². The minimum atomic E-state index is -4.66. The fraction of sp³-hybridized carbons (Fsp3) is 0.111. The first-order valence-corrected chi connectivity index (χ1v) is 4.39. The van der Waals surface area contributed by atoms with Gasteiger partial charge in [0.2, 0.25) is 0 Å². The minimum Gasteiger partial charge on any atom is -0.406 e. The molecule has 0 aromatic heterocycles. The highest BCUT2D eigenvalue weighted by Gasteiger charge is 2.31. The molecule has 1 aromatic rings. The lowest BCUT2D eigenvalue weighted by molar-refractivity contribution is -0.274. The van der Waals surface area contributed by atoms with Gasteiger partial charge in [-0.05, 0) is 17.7 Å². The lowest BCUT2D eigenvalue weighted by Crippen LogP contribution is -2.17. The van der Waals surface area contributed by atoms with E-state index in [0.29, 0.717) is 10.0 Å². The first-order chi connectivity index (χ1) is 6.42. The molecule has 0 bridgehead atoms. The Morgan fingerprint density at radius 1 is 1.36 bits per heavy atom. The van der Waals surface area contributed by atoms with Crippen LogP contribution in [-0.2, 0) is 0 Å². The van der Waals surface area contributed by atoms with Gasteiger partial charge in [0.1, 0.15) is 5.75 Å². The average molecular weight is 267 g/mol. The summed E-state index contributed by atoms with van der Waals surface area (Å²) < 4.78 is 39.6. The van der Waals surface area contributed by atoms with E-state index in [4.69, 9.17) is 0 Å². The van der Waals surface area contributed by atoms with Gasteiger partial charge in [-0.1, -0.05) is 34.7 Å². The molecule has 0 aliphatic rings. The van der Waals surface area contributed by atoms with Crippen molar-refractivity contribution < 1.29 is 17.9 Å². The highest BCUT2D eigenvalue weighted by atomic mass is 79.9. The molecule has 0 radical (unpaired) electrons. The van der Waals surface area contributed by atoms with Crippen LogP contribution < -0.4 is 4.74 Å². The molecule has 0 unspecified atom stereocenters. The van der Waals surface area contributed by atoms with E-state index in [1.54, 1.807) is 0 Å². The van der Waals surface area contributed by atoms with Gasteiger partial charge in [0, 0.05) is 4.47 Å². The third-order valence-electron chi connectivity index (χ3n) is 1.43. The van der Waals surface area contributed by atoms with Gasteiger partial charge in [-0.15, -0.1) is 13.2 Å². The van der Waals surface area contributed by atoms with Crippen molar-refractivity contribution in [1.82, 2.24) is 0 Å². The summed E-state index contributed by atoms with van der Waals surface area (Å²) in [7, 11) is 0. The largest absolute Gasteiger partial charge is 0.573 e. The molecule has 0 aliphatic carbocycles. The molecule has 0 amide bonds. The topological polar surface area (TPSA) is 9.23 Å². The molecule has 0 fully saturated rings. The van der Waals surface area contributed by atoms with Crippen molar-refractivity contribution in [2.24, 2.45) is 0 Å². The zero-order chi connectivity index (χ0) is 10.8. The van der Waals surface area contributed by atoms with E-state index in [1.807, 2.05) is 0 Å². The van der Waals surface area contributed by atoms with Crippen LogP contribution in [0.25, 0.3) is 6.08 Å². The fourth-order valence-corrected chi connectivity index (χ4v) is 1.39. The maximum Gasteiger partial charge on any atom is 0.573 e. The fourth-order valence-electron chi connectivity index (χ4n) is 0.871. The van der Waals surface area contributed by atoms with E-state index in [9.17, 15) is 13.2 Å². The van der Waals surface area contributed by atoms with Gasteiger partial charge < -0.3 is 4.74 Å². The molecule has 1 nitrogen and oxygen atoms in total. The van der Waals surface area contributed by atoms with Crippen LogP contribution in [0.4, 0.5) is 13.2 Å². The standard InChI is InChI=1S/C9H6BrF3O/c1-2-6-3-4-7(5-8(6)10)14-9(11,12)13/h2-5H,1H2. The molecule has 1 rings (SSSR count). The number of hydrogen-bond donors (Lipinski definition) is 0. The van der Waals surface area contributed by atoms with Gasteiger partial charge in [0.15, 0.2) is 0 Å². The Balaban J connectivity index is 2.92. The summed E-state index contributed by atoms with van der Waals surface area (Å²) in [5, 5.41) is 0. The molecule has 0 N–H and O–H groups in total. The zero-order valence-corrected chi connectivity index (χ0v) is 8.52. The van der Waals surface area contributed by atoms with Crippen molar-refractivity contribution in [3.63, 3.8) is 0 Å². The molecule has 14 heavy (non-hydrogen) atoms. The van der Waals surface area contributed by atoms with E-state index >= 15 is 0 Å². The van der Waals surface area contributed by atoms with Crippen molar-refractivity contribution in [3.8, 4) is 5.75 Å². The second-order valence-electron chi connectivity index (χ2n) is 2.44. The van der Waals surface area contributed by atoms with Crippen molar-refractivity contribution in [1.29, 1.82) is 0 Å². The van der Waals surface area contributed by atoms with Crippen LogP contribution in [0.15, 0.2) is 29.3 Å². The number of alkyl halides is 3. The summed E-state index contributed by atoms with van der Waals surface area (Å²) in [6.07, 6.45) is -3.13. The second kappa shape index (κ2) is 4.04. The quantitative estimate of drug-likeness (QED) is 0.787. The smallest absolute Gasteiger partial charge is 0.406 e. The van der Waals surface area contributed by atoms with Crippen molar-refractivity contribution in [3.05, 3.63) is 34.8 Å². The summed E-state index contributed by atoms with van der Waals surface area (Å²) >= 11 is 3.10. The van der Waals surface area contributed by atoms with E-state index in [-0.39, 0.29) is 5.75 Å². The number of ether oxygens (including phenoxy) is 1. The molecule has 5 heteroatoms. The minimum absolute atomic E-state index is 0.255. The van der Waals surface area contributed by atoms with E-state index in [2.05, 4.69) is 27.2 Å². The normalized spacial score (nSPS) is 11.1. The second-order valence-corrected chi connectivity index (χ2v) is 3.29. The maximum absolute atomic E-state index is 11.8. The zero-order valence-electron chi connectivity index (χ0n) is 6.94. The van der Waals surface area contributed by atoms with Gasteiger partial charge >= 0.3 is 6.36 Å². The SMILES string of the molecule is C=Cc1ccc(OC(F)(F)F)cc1Br. The van der Waals surface area contributed by atoms with Gasteiger partial charge in [-0.3, -0.25) is 0 Å². The third-order valence-corrected chi connectivity index (χ3v) is 2.11. The summed E-state index contributed by atoms with van der Waals surface area (Å²) in [5.41, 5.74) is 0.708. The molecule has 0 atom stereocenters. The Kier molecular flexibility index (Phi) is 3.21. The summed E-state index contributed by atoms with van der Waals surface area (Å²) in [5.74, 6) is -0.255. The van der Waals surface area contributed by atoms with Crippen LogP contribution in [0.2, 0.25) is 0 Å². The van der Waals surface area contributed by atoms with Crippen molar-refractivity contribution >= 4 is 22.0 Å². The predicted octanol–water partition coefficient (Wildman–Crippen LogP) is 3.99.